The topological polar surface area (TPSA) is 30.9 Å². The number of hydrogen-bond acceptors (Lipinski definition) is 4. The maximum atomic E-state index is 6.29. The van der Waals surface area contributed by atoms with Gasteiger partial charge in [0.05, 0.1) is 26.4 Å². The second-order valence-electron chi connectivity index (χ2n) is 7.96. The molecule has 0 saturated carbocycles. The van der Waals surface area contributed by atoms with Gasteiger partial charge in [-0.05, 0) is 13.0 Å². The molecule has 0 aliphatic carbocycles. The first kappa shape index (κ1) is 19.5. The minimum absolute atomic E-state index is 0.453. The molecule has 0 aromatic rings. The third-order valence-electron chi connectivity index (χ3n) is 3.98. The zero-order valence-electron chi connectivity index (χ0n) is 15.3. The van der Waals surface area contributed by atoms with E-state index in [2.05, 4.69) is 57.0 Å². The van der Waals surface area contributed by atoms with E-state index in [0.717, 1.165) is 6.42 Å². The summed E-state index contributed by atoms with van der Waals surface area (Å²) in [4.78, 5) is 0. The summed E-state index contributed by atoms with van der Waals surface area (Å²) in [5, 5.41) is 0. The van der Waals surface area contributed by atoms with Gasteiger partial charge in [-0.15, -0.1) is 0 Å². The van der Waals surface area contributed by atoms with Crippen molar-refractivity contribution in [1.82, 2.24) is 4.23 Å². The molecule has 1 heterocycles. The Morgan fingerprint density at radius 2 is 1.33 bits per heavy atom. The van der Waals surface area contributed by atoms with E-state index in [-0.39, 0.29) is 0 Å². The molecule has 0 aromatic carbocycles. The normalized spacial score (nSPS) is 22.7. The van der Waals surface area contributed by atoms with Crippen molar-refractivity contribution < 1.29 is 13.6 Å². The standard InChI is InChI=1S/C14H35NO3Si3/c1-9-14(15(19(2,3)4)20(5,6)7)21(8)17-12-10-16-11-13-18-21/h14H,9-13H2,1-8H3. The number of nitrogens with zero attached hydrogens (tertiary/aromatic N) is 1. The van der Waals surface area contributed by atoms with Gasteiger partial charge in [-0.3, -0.25) is 0 Å². The summed E-state index contributed by atoms with van der Waals surface area (Å²) in [6.07, 6.45) is 1.11. The highest BCUT2D eigenvalue weighted by Gasteiger charge is 2.50. The van der Waals surface area contributed by atoms with E-state index in [0.29, 0.717) is 32.1 Å². The third-order valence-corrected chi connectivity index (χ3v) is 15.5. The van der Waals surface area contributed by atoms with Crippen LogP contribution in [0.1, 0.15) is 13.3 Å². The van der Waals surface area contributed by atoms with E-state index in [1.807, 2.05) is 0 Å². The Morgan fingerprint density at radius 1 is 0.905 bits per heavy atom. The molecule has 21 heavy (non-hydrogen) atoms. The van der Waals surface area contributed by atoms with E-state index < -0.39 is 25.0 Å². The summed E-state index contributed by atoms with van der Waals surface area (Å²) in [7, 11) is -5.07. The van der Waals surface area contributed by atoms with Gasteiger partial charge < -0.3 is 17.8 Å². The number of hydrogen-bond donors (Lipinski definition) is 0. The van der Waals surface area contributed by atoms with Crippen LogP contribution in [0.15, 0.2) is 0 Å². The molecule has 4 nitrogen and oxygen atoms in total. The fourth-order valence-electron chi connectivity index (χ4n) is 3.67. The zero-order chi connectivity index (χ0) is 16.3. The smallest absolute Gasteiger partial charge is 0.351 e. The van der Waals surface area contributed by atoms with Gasteiger partial charge in [0.1, 0.15) is 16.5 Å². The number of ether oxygens (including phenoxy) is 1. The summed E-state index contributed by atoms with van der Waals surface area (Å²) in [6.45, 7) is 22.0. The Bertz CT molecular complexity index is 306. The maximum absolute atomic E-state index is 6.29. The molecule has 0 aromatic heterocycles. The Labute approximate surface area is 134 Å². The lowest BCUT2D eigenvalue weighted by molar-refractivity contribution is 0.0207. The molecule has 126 valence electrons. The second-order valence-corrected chi connectivity index (χ2v) is 21.3. The highest BCUT2D eigenvalue weighted by atomic mass is 28.4. The van der Waals surface area contributed by atoms with Crippen molar-refractivity contribution >= 4 is 25.0 Å². The van der Waals surface area contributed by atoms with Crippen LogP contribution in [0.25, 0.3) is 0 Å². The molecule has 7 heteroatoms. The first-order chi connectivity index (χ1) is 9.52. The average Bonchev–Trinajstić information content (AvgIpc) is 2.27. The summed E-state index contributed by atoms with van der Waals surface area (Å²) in [6, 6.07) is 0. The van der Waals surface area contributed by atoms with Gasteiger partial charge >= 0.3 is 8.56 Å². The lowest BCUT2D eigenvalue weighted by atomic mass is 10.5. The van der Waals surface area contributed by atoms with E-state index in [1.165, 1.54) is 0 Å². The molecule has 1 atom stereocenters. The average molecular weight is 350 g/mol. The van der Waals surface area contributed by atoms with Crippen molar-refractivity contribution in [3.63, 3.8) is 0 Å². The van der Waals surface area contributed by atoms with Crippen LogP contribution in [-0.2, 0) is 13.6 Å². The van der Waals surface area contributed by atoms with Gasteiger partial charge in [-0.2, -0.15) is 0 Å². The Balaban J connectivity index is 3.11. The molecular weight excluding hydrogens is 314 g/mol. The first-order valence-corrected chi connectivity index (χ1v) is 17.5. The van der Waals surface area contributed by atoms with E-state index in [1.54, 1.807) is 0 Å². The fraction of sp³-hybridized carbons (Fsp3) is 1.00. The molecule has 1 aliphatic heterocycles. The van der Waals surface area contributed by atoms with Crippen LogP contribution in [0, 0.1) is 0 Å². The largest absolute Gasteiger partial charge is 0.391 e. The Hall–Kier alpha value is 0.491. The van der Waals surface area contributed by atoms with Crippen molar-refractivity contribution in [2.45, 2.75) is 64.8 Å². The molecule has 1 rings (SSSR count). The Morgan fingerprint density at radius 3 is 1.67 bits per heavy atom. The van der Waals surface area contributed by atoms with Crippen LogP contribution in [0.3, 0.4) is 0 Å². The molecular formula is C14H35NO3Si3. The van der Waals surface area contributed by atoms with Crippen LogP contribution in [0.4, 0.5) is 0 Å². The van der Waals surface area contributed by atoms with Crippen LogP contribution in [-0.4, -0.2) is 61.4 Å². The molecule has 1 aliphatic rings. The highest BCUT2D eigenvalue weighted by Crippen LogP contribution is 2.31. The van der Waals surface area contributed by atoms with Gasteiger partial charge in [0, 0.05) is 5.67 Å². The quantitative estimate of drug-likeness (QED) is 0.712. The molecule has 0 amide bonds. The van der Waals surface area contributed by atoms with Crippen molar-refractivity contribution in [3.05, 3.63) is 0 Å². The summed E-state index contributed by atoms with van der Waals surface area (Å²) in [5.74, 6) is 0. The van der Waals surface area contributed by atoms with Crippen molar-refractivity contribution in [2.75, 3.05) is 26.4 Å². The SMILES string of the molecule is CCC(N([Si](C)(C)C)[Si](C)(C)C)[Si]1(C)OCCOCCO1. The molecule has 1 fully saturated rings. The van der Waals surface area contributed by atoms with E-state index in [9.17, 15) is 0 Å². The van der Waals surface area contributed by atoms with Gasteiger partial charge in [-0.25, -0.2) is 0 Å². The molecule has 0 bridgehead atoms. The summed E-state index contributed by atoms with van der Waals surface area (Å²) in [5.41, 5.74) is 0.453. The van der Waals surface area contributed by atoms with Gasteiger partial charge in [0.25, 0.3) is 0 Å². The first-order valence-electron chi connectivity index (χ1n) is 8.17. The third kappa shape index (κ3) is 5.26. The van der Waals surface area contributed by atoms with E-state index in [4.69, 9.17) is 13.6 Å². The van der Waals surface area contributed by atoms with Gasteiger partial charge in [-0.1, -0.05) is 46.2 Å². The van der Waals surface area contributed by atoms with Crippen LogP contribution >= 0.6 is 0 Å². The number of rotatable bonds is 5. The zero-order valence-corrected chi connectivity index (χ0v) is 18.3. The minimum atomic E-state index is -2.22. The fourth-order valence-corrected chi connectivity index (χ4v) is 20.3. The summed E-state index contributed by atoms with van der Waals surface area (Å²) < 4.78 is 20.9. The van der Waals surface area contributed by atoms with Gasteiger partial charge in [0.15, 0.2) is 0 Å². The second kappa shape index (κ2) is 7.37. The van der Waals surface area contributed by atoms with Crippen molar-refractivity contribution in [2.24, 2.45) is 0 Å². The van der Waals surface area contributed by atoms with Gasteiger partial charge in [0.2, 0.25) is 0 Å². The van der Waals surface area contributed by atoms with Crippen LogP contribution in [0.2, 0.25) is 45.8 Å². The monoisotopic (exact) mass is 349 g/mol. The van der Waals surface area contributed by atoms with E-state index >= 15 is 0 Å². The maximum Gasteiger partial charge on any atom is 0.351 e. The lowest BCUT2D eigenvalue weighted by Gasteiger charge is -2.52. The molecule has 1 unspecified atom stereocenters. The summed E-state index contributed by atoms with van der Waals surface area (Å²) >= 11 is 0. The van der Waals surface area contributed by atoms with Crippen LogP contribution < -0.4 is 0 Å². The predicted molar refractivity (Wildman–Crippen MR) is 97.0 cm³/mol. The molecule has 1 saturated heterocycles. The minimum Gasteiger partial charge on any atom is -0.391 e. The molecule has 0 spiro atoms. The lowest BCUT2D eigenvalue weighted by Crippen LogP contribution is -2.71. The highest BCUT2D eigenvalue weighted by molar-refractivity contribution is 6.91. The predicted octanol–water partition coefficient (Wildman–Crippen LogP) is 3.41. The Kier molecular flexibility index (Phi) is 6.86. The molecule has 0 N–H and O–H groups in total. The van der Waals surface area contributed by atoms with Crippen LogP contribution in [0.5, 0.6) is 0 Å². The molecule has 0 radical (unpaired) electrons. The van der Waals surface area contributed by atoms with Crippen molar-refractivity contribution in [1.29, 1.82) is 0 Å². The van der Waals surface area contributed by atoms with Crippen molar-refractivity contribution in [3.8, 4) is 0 Å².